The van der Waals surface area contributed by atoms with E-state index in [1.165, 1.54) is 29.5 Å². The molecular formula is C22H20FN3O2S. The van der Waals surface area contributed by atoms with Crippen LogP contribution in [0.2, 0.25) is 0 Å². The molecule has 1 saturated carbocycles. The van der Waals surface area contributed by atoms with Crippen LogP contribution in [0.4, 0.5) is 4.39 Å². The van der Waals surface area contributed by atoms with Crippen LogP contribution < -0.4 is 10.1 Å². The molecule has 0 radical (unpaired) electrons. The van der Waals surface area contributed by atoms with Crippen molar-refractivity contribution in [2.24, 2.45) is 4.99 Å². The average molecular weight is 409 g/mol. The highest BCUT2D eigenvalue weighted by Gasteiger charge is 2.24. The number of amides is 2. The number of benzene rings is 2. The number of carbonyl (C=O) groups excluding carboxylic acids is 2. The van der Waals surface area contributed by atoms with Crippen molar-refractivity contribution in [1.82, 2.24) is 9.88 Å². The molecule has 4 rings (SSSR count). The van der Waals surface area contributed by atoms with Gasteiger partial charge in [0.2, 0.25) is 0 Å². The Morgan fingerprint density at radius 1 is 1.14 bits per heavy atom. The van der Waals surface area contributed by atoms with Gasteiger partial charge in [0.1, 0.15) is 5.82 Å². The smallest absolute Gasteiger partial charge is 0.282 e. The first-order valence-electron chi connectivity index (χ1n) is 9.40. The summed E-state index contributed by atoms with van der Waals surface area (Å²) in [5.74, 6) is -1.31. The third kappa shape index (κ3) is 4.51. The summed E-state index contributed by atoms with van der Waals surface area (Å²) in [7, 11) is 0. The molecule has 1 N–H and O–H groups in total. The normalized spacial score (nSPS) is 14.1. The number of nitrogens with zero attached hydrogens (tertiary/aromatic N) is 2. The van der Waals surface area contributed by atoms with Crippen molar-refractivity contribution in [3.8, 4) is 0 Å². The van der Waals surface area contributed by atoms with Gasteiger partial charge in [0.05, 0.1) is 12.1 Å². The van der Waals surface area contributed by atoms with Gasteiger partial charge in [0, 0.05) is 22.7 Å². The minimum atomic E-state index is -0.626. The minimum absolute atomic E-state index is 0.0608. The van der Waals surface area contributed by atoms with E-state index in [0.717, 1.165) is 23.3 Å². The molecule has 148 valence electrons. The Labute approximate surface area is 171 Å². The van der Waals surface area contributed by atoms with E-state index >= 15 is 0 Å². The molecular weight excluding hydrogens is 389 g/mol. The number of carbonyl (C=O) groups is 2. The lowest BCUT2D eigenvalue weighted by Gasteiger charge is -2.10. The van der Waals surface area contributed by atoms with Crippen LogP contribution in [0.25, 0.3) is 0 Å². The second-order valence-electron chi connectivity index (χ2n) is 7.05. The quantitative estimate of drug-likeness (QED) is 0.699. The minimum Gasteiger partial charge on any atom is -0.349 e. The molecule has 5 nitrogen and oxygen atoms in total. The Bertz CT molecular complexity index is 1140. The fraction of sp³-hybridized carbons (Fsp3) is 0.227. The third-order valence-corrected chi connectivity index (χ3v) is 5.59. The highest BCUT2D eigenvalue weighted by molar-refractivity contribution is 7.09. The van der Waals surface area contributed by atoms with Gasteiger partial charge in [-0.05, 0) is 43.5 Å². The van der Waals surface area contributed by atoms with E-state index in [2.05, 4.69) is 10.3 Å². The molecule has 1 aliphatic carbocycles. The number of halogens is 1. The lowest BCUT2D eigenvalue weighted by Crippen LogP contribution is -2.27. The molecule has 2 aromatic carbocycles. The van der Waals surface area contributed by atoms with Gasteiger partial charge >= 0.3 is 0 Å². The molecule has 0 atom stereocenters. The lowest BCUT2D eigenvalue weighted by atomic mass is 10.1. The number of hydrogen-bond acceptors (Lipinski definition) is 3. The average Bonchev–Trinajstić information content (AvgIpc) is 3.45. The SMILES string of the molecule is Cc1cn(Cc2ccccc2C(=O)NC2CC2)c(=NC(=O)c2ccccc2F)s1. The predicted molar refractivity (Wildman–Crippen MR) is 109 cm³/mol. The molecule has 2 amide bonds. The van der Waals surface area contributed by atoms with Gasteiger partial charge in [-0.2, -0.15) is 4.99 Å². The maximum Gasteiger partial charge on any atom is 0.282 e. The summed E-state index contributed by atoms with van der Waals surface area (Å²) in [6, 6.07) is 13.5. The first kappa shape index (κ1) is 19.3. The highest BCUT2D eigenvalue weighted by Crippen LogP contribution is 2.20. The lowest BCUT2D eigenvalue weighted by molar-refractivity contribution is 0.0948. The summed E-state index contributed by atoms with van der Waals surface area (Å²) in [5, 5.41) is 3.01. The van der Waals surface area contributed by atoms with Crippen molar-refractivity contribution in [2.75, 3.05) is 0 Å². The molecule has 0 spiro atoms. The summed E-state index contributed by atoms with van der Waals surface area (Å²) < 4.78 is 15.7. The zero-order valence-corrected chi connectivity index (χ0v) is 16.7. The zero-order valence-electron chi connectivity index (χ0n) is 15.9. The van der Waals surface area contributed by atoms with Crippen LogP contribution in [0.3, 0.4) is 0 Å². The number of aryl methyl sites for hydroxylation is 1. The molecule has 0 aliphatic heterocycles. The fourth-order valence-corrected chi connectivity index (χ4v) is 3.87. The monoisotopic (exact) mass is 409 g/mol. The van der Waals surface area contributed by atoms with E-state index < -0.39 is 11.7 Å². The van der Waals surface area contributed by atoms with Gasteiger partial charge in [-0.15, -0.1) is 11.3 Å². The molecule has 29 heavy (non-hydrogen) atoms. The highest BCUT2D eigenvalue weighted by atomic mass is 32.1. The summed E-state index contributed by atoms with van der Waals surface area (Å²) in [4.78, 5) is 30.6. The summed E-state index contributed by atoms with van der Waals surface area (Å²) in [6.07, 6.45) is 3.93. The Morgan fingerprint density at radius 2 is 1.83 bits per heavy atom. The molecule has 7 heteroatoms. The zero-order chi connectivity index (χ0) is 20.4. The van der Waals surface area contributed by atoms with Gasteiger partial charge < -0.3 is 9.88 Å². The second-order valence-corrected chi connectivity index (χ2v) is 8.27. The summed E-state index contributed by atoms with van der Waals surface area (Å²) >= 11 is 1.35. The van der Waals surface area contributed by atoms with Crippen molar-refractivity contribution in [2.45, 2.75) is 32.4 Å². The topological polar surface area (TPSA) is 63.5 Å². The molecule has 1 heterocycles. The van der Waals surface area contributed by atoms with E-state index in [1.54, 1.807) is 12.1 Å². The second kappa shape index (κ2) is 8.13. The molecule has 1 fully saturated rings. The van der Waals surface area contributed by atoms with Crippen LogP contribution >= 0.6 is 11.3 Å². The largest absolute Gasteiger partial charge is 0.349 e. The van der Waals surface area contributed by atoms with Gasteiger partial charge in [0.15, 0.2) is 4.80 Å². The van der Waals surface area contributed by atoms with Gasteiger partial charge in [0.25, 0.3) is 11.8 Å². The summed E-state index contributed by atoms with van der Waals surface area (Å²) in [5.41, 5.74) is 1.39. The Balaban J connectivity index is 1.65. The van der Waals surface area contributed by atoms with E-state index in [4.69, 9.17) is 0 Å². The first-order chi connectivity index (χ1) is 14.0. The predicted octanol–water partition coefficient (Wildman–Crippen LogP) is 3.68. The van der Waals surface area contributed by atoms with Gasteiger partial charge in [-0.1, -0.05) is 30.3 Å². The Kier molecular flexibility index (Phi) is 5.40. The van der Waals surface area contributed by atoms with Crippen LogP contribution in [-0.4, -0.2) is 22.4 Å². The van der Waals surface area contributed by atoms with Crippen molar-refractivity contribution in [1.29, 1.82) is 0 Å². The third-order valence-electron chi connectivity index (χ3n) is 4.65. The Morgan fingerprint density at radius 3 is 2.55 bits per heavy atom. The van der Waals surface area contributed by atoms with Crippen molar-refractivity contribution < 1.29 is 14.0 Å². The van der Waals surface area contributed by atoms with Crippen LogP contribution in [-0.2, 0) is 6.54 Å². The number of nitrogens with one attached hydrogen (secondary N) is 1. The number of thiazole rings is 1. The van der Waals surface area contributed by atoms with Crippen LogP contribution in [0, 0.1) is 12.7 Å². The standard InChI is InChI=1S/C22H20FN3O2S/c1-14-12-26(22(29-14)25-21(28)18-8-4-5-9-19(18)23)13-15-6-2-3-7-17(15)20(27)24-16-10-11-16/h2-9,12,16H,10-11,13H2,1H3,(H,24,27). The van der Waals surface area contributed by atoms with Crippen LogP contribution in [0.15, 0.2) is 59.7 Å². The Hall–Kier alpha value is -3.06. The summed E-state index contributed by atoms with van der Waals surface area (Å²) in [6.45, 7) is 2.31. The molecule has 0 bridgehead atoms. The van der Waals surface area contributed by atoms with Crippen LogP contribution in [0.1, 0.15) is 44.0 Å². The van der Waals surface area contributed by atoms with Crippen molar-refractivity contribution >= 4 is 23.2 Å². The molecule has 0 unspecified atom stereocenters. The van der Waals surface area contributed by atoms with E-state index in [9.17, 15) is 14.0 Å². The number of aromatic nitrogens is 1. The van der Waals surface area contributed by atoms with E-state index in [-0.39, 0.29) is 17.5 Å². The van der Waals surface area contributed by atoms with Crippen molar-refractivity contribution in [3.05, 3.63) is 86.9 Å². The molecule has 0 saturated heterocycles. The first-order valence-corrected chi connectivity index (χ1v) is 10.2. The van der Waals surface area contributed by atoms with Crippen LogP contribution in [0.5, 0.6) is 0 Å². The molecule has 1 aliphatic rings. The maximum absolute atomic E-state index is 13.9. The molecule has 3 aromatic rings. The fourth-order valence-electron chi connectivity index (χ4n) is 3.04. The number of hydrogen-bond donors (Lipinski definition) is 1. The molecule has 1 aromatic heterocycles. The maximum atomic E-state index is 13.9. The van der Waals surface area contributed by atoms with E-state index in [1.807, 2.05) is 35.9 Å². The van der Waals surface area contributed by atoms with Crippen molar-refractivity contribution in [3.63, 3.8) is 0 Å². The number of rotatable bonds is 5. The van der Waals surface area contributed by atoms with E-state index in [0.29, 0.717) is 16.9 Å². The van der Waals surface area contributed by atoms with Gasteiger partial charge in [-0.25, -0.2) is 4.39 Å². The van der Waals surface area contributed by atoms with Gasteiger partial charge in [-0.3, -0.25) is 9.59 Å².